The van der Waals surface area contributed by atoms with Gasteiger partial charge < -0.3 is 16.0 Å². The Kier molecular flexibility index (Phi) is 9.53. The summed E-state index contributed by atoms with van der Waals surface area (Å²) in [7, 11) is 0. The van der Waals surface area contributed by atoms with Crippen molar-refractivity contribution >= 4 is 17.7 Å². The van der Waals surface area contributed by atoms with E-state index in [4.69, 9.17) is 0 Å². The van der Waals surface area contributed by atoms with Crippen LogP contribution < -0.4 is 16.0 Å². The van der Waals surface area contributed by atoms with E-state index < -0.39 is 0 Å². The van der Waals surface area contributed by atoms with Gasteiger partial charge in [0.2, 0.25) is 17.7 Å². The smallest absolute Gasteiger partial charge is 0.220 e. The second-order valence-electron chi connectivity index (χ2n) is 7.54. The van der Waals surface area contributed by atoms with Crippen LogP contribution in [0.1, 0.15) is 60.8 Å². The van der Waals surface area contributed by atoms with Crippen LogP contribution in [0, 0.1) is 11.3 Å². The molecule has 0 aromatic carbocycles. The number of carbonyl (C=O) groups is 3. The topological polar surface area (TPSA) is 87.3 Å². The van der Waals surface area contributed by atoms with E-state index in [1.165, 1.54) is 0 Å². The fourth-order valence-corrected chi connectivity index (χ4v) is 1.76. The third kappa shape index (κ3) is 12.6. The molecule has 0 aliphatic rings. The number of carbonyl (C=O) groups excluding carboxylic acids is 3. The zero-order valence-electron chi connectivity index (χ0n) is 15.4. The predicted molar refractivity (Wildman–Crippen MR) is 91.8 cm³/mol. The summed E-state index contributed by atoms with van der Waals surface area (Å²) in [5.74, 6) is 0.0561. The third-order valence-electron chi connectivity index (χ3n) is 3.43. The minimum atomic E-state index is -0.178. The van der Waals surface area contributed by atoms with E-state index in [2.05, 4.69) is 16.0 Å². The van der Waals surface area contributed by atoms with E-state index in [-0.39, 0.29) is 42.0 Å². The summed E-state index contributed by atoms with van der Waals surface area (Å²) < 4.78 is 0. The summed E-state index contributed by atoms with van der Waals surface area (Å²) in [5, 5.41) is 8.33. The highest BCUT2D eigenvalue weighted by atomic mass is 16.2. The van der Waals surface area contributed by atoms with Gasteiger partial charge in [-0.3, -0.25) is 14.4 Å². The van der Waals surface area contributed by atoms with Crippen molar-refractivity contribution in [2.45, 2.75) is 66.8 Å². The van der Waals surface area contributed by atoms with Crippen molar-refractivity contribution in [1.82, 2.24) is 16.0 Å². The molecule has 0 saturated heterocycles. The highest BCUT2D eigenvalue weighted by molar-refractivity contribution is 5.83. The molecule has 0 heterocycles. The van der Waals surface area contributed by atoms with E-state index in [0.717, 1.165) is 0 Å². The maximum Gasteiger partial charge on any atom is 0.220 e. The van der Waals surface area contributed by atoms with Gasteiger partial charge in [0.15, 0.2) is 0 Å². The van der Waals surface area contributed by atoms with E-state index in [1.54, 1.807) is 0 Å². The monoisotopic (exact) mass is 327 g/mol. The number of rotatable bonds is 9. The van der Waals surface area contributed by atoms with Crippen molar-refractivity contribution in [3.63, 3.8) is 0 Å². The molecule has 134 valence electrons. The number of amides is 3. The van der Waals surface area contributed by atoms with Crippen molar-refractivity contribution < 1.29 is 14.4 Å². The highest BCUT2D eigenvalue weighted by Gasteiger charge is 2.15. The zero-order chi connectivity index (χ0) is 18.0. The summed E-state index contributed by atoms with van der Waals surface area (Å²) in [6.45, 7) is 12.8. The molecule has 0 aromatic heterocycles. The van der Waals surface area contributed by atoms with Gasteiger partial charge in [-0.15, -0.1) is 0 Å². The molecule has 0 saturated carbocycles. The largest absolute Gasteiger partial charge is 0.354 e. The standard InChI is InChI=1S/C17H33N3O3/c1-12(2)13(3)20-15(22)8-7-14(21)18-9-10-19-16(23)11-17(4,5)6/h12-13H,7-11H2,1-6H3,(H,18,21)(H,19,23)(H,20,22)/t13-/m1/s1. The first-order valence-electron chi connectivity index (χ1n) is 8.34. The Balaban J connectivity index is 3.76. The summed E-state index contributed by atoms with van der Waals surface area (Å²) in [6.07, 6.45) is 0.793. The van der Waals surface area contributed by atoms with Crippen LogP contribution in [-0.2, 0) is 14.4 Å². The van der Waals surface area contributed by atoms with Gasteiger partial charge in [-0.2, -0.15) is 0 Å². The summed E-state index contributed by atoms with van der Waals surface area (Å²) in [6, 6.07) is 0.101. The van der Waals surface area contributed by atoms with Gasteiger partial charge in [-0.1, -0.05) is 34.6 Å². The second kappa shape index (κ2) is 10.2. The molecule has 0 spiro atoms. The van der Waals surface area contributed by atoms with Crippen LogP contribution in [-0.4, -0.2) is 36.9 Å². The fourth-order valence-electron chi connectivity index (χ4n) is 1.76. The molecule has 0 radical (unpaired) electrons. The Morgan fingerprint density at radius 2 is 1.30 bits per heavy atom. The van der Waals surface area contributed by atoms with E-state index in [9.17, 15) is 14.4 Å². The molecule has 0 bridgehead atoms. The molecule has 3 N–H and O–H groups in total. The van der Waals surface area contributed by atoms with Crippen molar-refractivity contribution in [3.8, 4) is 0 Å². The molecule has 0 aliphatic heterocycles. The number of hydrogen-bond acceptors (Lipinski definition) is 3. The molecule has 6 heteroatoms. The maximum absolute atomic E-state index is 11.7. The van der Waals surface area contributed by atoms with Gasteiger partial charge >= 0.3 is 0 Å². The Morgan fingerprint density at radius 1 is 0.826 bits per heavy atom. The van der Waals surface area contributed by atoms with Gasteiger partial charge in [-0.25, -0.2) is 0 Å². The SMILES string of the molecule is CC(C)[C@@H](C)NC(=O)CCC(=O)NCCNC(=O)CC(C)(C)C. The number of hydrogen-bond donors (Lipinski definition) is 3. The molecule has 6 nitrogen and oxygen atoms in total. The molecule has 3 amide bonds. The average Bonchev–Trinajstić information content (AvgIpc) is 2.39. The Bertz CT molecular complexity index is 400. The molecular weight excluding hydrogens is 294 g/mol. The van der Waals surface area contributed by atoms with Crippen molar-refractivity contribution in [1.29, 1.82) is 0 Å². The Morgan fingerprint density at radius 3 is 1.78 bits per heavy atom. The maximum atomic E-state index is 11.7. The van der Waals surface area contributed by atoms with Crippen LogP contribution in [0.25, 0.3) is 0 Å². The van der Waals surface area contributed by atoms with Crippen LogP contribution in [0.4, 0.5) is 0 Å². The first-order chi connectivity index (χ1) is 10.5. The van der Waals surface area contributed by atoms with Crippen molar-refractivity contribution in [2.24, 2.45) is 11.3 Å². The Hall–Kier alpha value is -1.59. The molecular formula is C17H33N3O3. The van der Waals surface area contributed by atoms with Gasteiger partial charge in [0.05, 0.1) is 0 Å². The lowest BCUT2D eigenvalue weighted by molar-refractivity contribution is -0.127. The first-order valence-corrected chi connectivity index (χ1v) is 8.34. The first kappa shape index (κ1) is 21.4. The molecule has 0 fully saturated rings. The minimum absolute atomic E-state index is 0.0196. The number of nitrogens with one attached hydrogen (secondary N) is 3. The van der Waals surface area contributed by atoms with Gasteiger partial charge in [0.25, 0.3) is 0 Å². The van der Waals surface area contributed by atoms with Crippen LogP contribution in [0.5, 0.6) is 0 Å². The van der Waals surface area contributed by atoms with Gasteiger partial charge in [0.1, 0.15) is 0 Å². The van der Waals surface area contributed by atoms with Crippen LogP contribution >= 0.6 is 0 Å². The second-order valence-corrected chi connectivity index (χ2v) is 7.54. The lowest BCUT2D eigenvalue weighted by atomic mass is 9.92. The molecule has 1 atom stereocenters. The lowest BCUT2D eigenvalue weighted by Crippen LogP contribution is -2.38. The Labute approximate surface area is 140 Å². The molecule has 0 unspecified atom stereocenters. The van der Waals surface area contributed by atoms with E-state index in [1.807, 2.05) is 41.5 Å². The van der Waals surface area contributed by atoms with Crippen molar-refractivity contribution in [3.05, 3.63) is 0 Å². The average molecular weight is 327 g/mol. The quantitative estimate of drug-likeness (QED) is 0.562. The van der Waals surface area contributed by atoms with Gasteiger partial charge in [0, 0.05) is 38.4 Å². The summed E-state index contributed by atoms with van der Waals surface area (Å²) in [4.78, 5) is 34.9. The van der Waals surface area contributed by atoms with Crippen LogP contribution in [0.15, 0.2) is 0 Å². The minimum Gasteiger partial charge on any atom is -0.354 e. The molecule has 23 heavy (non-hydrogen) atoms. The van der Waals surface area contributed by atoms with Crippen LogP contribution in [0.3, 0.4) is 0 Å². The molecule has 0 rings (SSSR count). The fraction of sp³-hybridized carbons (Fsp3) is 0.824. The predicted octanol–water partition coefficient (Wildman–Crippen LogP) is 1.60. The molecule has 0 aromatic rings. The lowest BCUT2D eigenvalue weighted by Gasteiger charge is -2.17. The summed E-state index contributed by atoms with van der Waals surface area (Å²) in [5.41, 5.74) is -0.0478. The van der Waals surface area contributed by atoms with E-state index in [0.29, 0.717) is 25.4 Å². The third-order valence-corrected chi connectivity index (χ3v) is 3.43. The van der Waals surface area contributed by atoms with Gasteiger partial charge in [-0.05, 0) is 18.3 Å². The summed E-state index contributed by atoms with van der Waals surface area (Å²) >= 11 is 0. The molecule has 0 aliphatic carbocycles. The highest BCUT2D eigenvalue weighted by Crippen LogP contribution is 2.17. The normalized spacial score (nSPS) is 12.7. The zero-order valence-corrected chi connectivity index (χ0v) is 15.4. The van der Waals surface area contributed by atoms with Crippen LogP contribution in [0.2, 0.25) is 0 Å². The van der Waals surface area contributed by atoms with E-state index >= 15 is 0 Å². The van der Waals surface area contributed by atoms with Crippen molar-refractivity contribution in [2.75, 3.05) is 13.1 Å².